The van der Waals surface area contributed by atoms with Crippen molar-refractivity contribution in [3.05, 3.63) is 42.0 Å². The van der Waals surface area contributed by atoms with Crippen molar-refractivity contribution in [1.29, 1.82) is 0 Å². The summed E-state index contributed by atoms with van der Waals surface area (Å²) in [5, 5.41) is 0. The summed E-state index contributed by atoms with van der Waals surface area (Å²) in [7, 11) is 1.67. The van der Waals surface area contributed by atoms with Crippen LogP contribution in [-0.2, 0) is 11.2 Å². The quantitative estimate of drug-likeness (QED) is 0.555. The highest BCUT2D eigenvalue weighted by atomic mass is 16.5. The summed E-state index contributed by atoms with van der Waals surface area (Å²) < 4.78 is 10.4. The zero-order valence-corrected chi connectivity index (χ0v) is 12.1. The van der Waals surface area contributed by atoms with Crippen LogP contribution in [0.4, 0.5) is 0 Å². The van der Waals surface area contributed by atoms with Gasteiger partial charge in [-0.1, -0.05) is 44.6 Å². The molecule has 0 saturated carbocycles. The maximum absolute atomic E-state index is 5.46. The van der Waals surface area contributed by atoms with Gasteiger partial charge in [0.05, 0.1) is 6.61 Å². The van der Waals surface area contributed by atoms with Crippen LogP contribution in [0.25, 0.3) is 0 Å². The number of rotatable bonds is 6. The Morgan fingerprint density at radius 2 is 1.67 bits per heavy atom. The van der Waals surface area contributed by atoms with Crippen LogP contribution in [0.3, 0.4) is 0 Å². The van der Waals surface area contributed by atoms with Gasteiger partial charge in [-0.3, -0.25) is 0 Å². The van der Waals surface area contributed by atoms with Gasteiger partial charge in [0.1, 0.15) is 12.4 Å². The molecule has 0 amide bonds. The van der Waals surface area contributed by atoms with Crippen molar-refractivity contribution in [3.8, 4) is 5.75 Å². The molecule has 2 nitrogen and oxygen atoms in total. The lowest BCUT2D eigenvalue weighted by molar-refractivity contribution is 0.146. The number of hydrogen-bond acceptors (Lipinski definition) is 2. The molecule has 2 heteroatoms. The zero-order chi connectivity index (χ0) is 13.6. The average molecular weight is 250 g/mol. The molecular formula is C16H26O2. The van der Waals surface area contributed by atoms with E-state index in [1.54, 1.807) is 7.11 Å². The highest BCUT2D eigenvalue weighted by Crippen LogP contribution is 2.12. The Bertz CT molecular complexity index is 301. The summed E-state index contributed by atoms with van der Waals surface area (Å²) in [6.07, 6.45) is 6.43. The van der Waals surface area contributed by atoms with E-state index in [2.05, 4.69) is 38.1 Å². The maximum atomic E-state index is 5.46. The lowest BCUT2D eigenvalue weighted by Crippen LogP contribution is -2.03. The molecule has 1 rings (SSSR count). The van der Waals surface area contributed by atoms with Crippen LogP contribution < -0.4 is 4.74 Å². The molecule has 0 aliphatic heterocycles. The van der Waals surface area contributed by atoms with E-state index in [4.69, 9.17) is 9.47 Å². The molecule has 0 aliphatic rings. The number of allylic oxidation sites excluding steroid dienone is 2. The van der Waals surface area contributed by atoms with Crippen molar-refractivity contribution < 1.29 is 9.47 Å². The minimum atomic E-state index is 0.602. The van der Waals surface area contributed by atoms with Gasteiger partial charge in [-0.25, -0.2) is 0 Å². The first kappa shape index (κ1) is 16.7. The van der Waals surface area contributed by atoms with Crippen molar-refractivity contribution in [2.24, 2.45) is 0 Å². The van der Waals surface area contributed by atoms with E-state index in [-0.39, 0.29) is 0 Å². The number of methoxy groups -OCH3 is 1. The van der Waals surface area contributed by atoms with E-state index in [9.17, 15) is 0 Å². The molecule has 0 aliphatic carbocycles. The number of ether oxygens (including phenoxy) is 2. The fourth-order valence-electron chi connectivity index (χ4n) is 1.22. The van der Waals surface area contributed by atoms with Crippen LogP contribution >= 0.6 is 0 Å². The highest BCUT2D eigenvalue weighted by molar-refractivity contribution is 5.28. The zero-order valence-electron chi connectivity index (χ0n) is 12.1. The second-order valence-corrected chi connectivity index (χ2v) is 3.97. The average Bonchev–Trinajstić information content (AvgIpc) is 2.39. The second-order valence-electron chi connectivity index (χ2n) is 3.97. The second kappa shape index (κ2) is 12.2. The maximum Gasteiger partial charge on any atom is 0.119 e. The monoisotopic (exact) mass is 250 g/mol. The van der Waals surface area contributed by atoms with Crippen LogP contribution in [0.15, 0.2) is 36.4 Å². The summed E-state index contributed by atoms with van der Waals surface area (Å²) in [6, 6.07) is 8.16. The van der Waals surface area contributed by atoms with Gasteiger partial charge in [-0.15, -0.1) is 0 Å². The first-order valence-corrected chi connectivity index (χ1v) is 6.60. The predicted octanol–water partition coefficient (Wildman–Crippen LogP) is 4.25. The van der Waals surface area contributed by atoms with E-state index >= 15 is 0 Å². The summed E-state index contributed by atoms with van der Waals surface area (Å²) in [4.78, 5) is 0. The fourth-order valence-corrected chi connectivity index (χ4v) is 1.22. The van der Waals surface area contributed by atoms with Gasteiger partial charge in [0.25, 0.3) is 0 Å². The molecule has 0 bridgehead atoms. The topological polar surface area (TPSA) is 18.5 Å². The fraction of sp³-hybridized carbons (Fsp3) is 0.500. The molecule has 0 saturated heterocycles. The predicted molar refractivity (Wildman–Crippen MR) is 78.3 cm³/mol. The minimum Gasteiger partial charge on any atom is -0.491 e. The first-order valence-electron chi connectivity index (χ1n) is 6.60. The Kier molecular flexibility index (Phi) is 11.3. The minimum absolute atomic E-state index is 0.602. The summed E-state index contributed by atoms with van der Waals surface area (Å²) in [5.41, 5.74) is 1.30. The Hall–Kier alpha value is -1.28. The Balaban J connectivity index is 0.000000873. The molecule has 0 radical (unpaired) electrons. The van der Waals surface area contributed by atoms with Crippen LogP contribution in [0.1, 0.15) is 32.8 Å². The normalized spacial score (nSPS) is 10.0. The molecule has 0 heterocycles. The third kappa shape index (κ3) is 8.82. The summed E-state index contributed by atoms with van der Waals surface area (Å²) >= 11 is 0. The Morgan fingerprint density at radius 3 is 2.17 bits per heavy atom. The van der Waals surface area contributed by atoms with E-state index in [0.717, 1.165) is 12.2 Å². The Morgan fingerprint density at radius 1 is 1.06 bits per heavy atom. The van der Waals surface area contributed by atoms with Gasteiger partial charge in [0.2, 0.25) is 0 Å². The van der Waals surface area contributed by atoms with Gasteiger partial charge in [0.15, 0.2) is 0 Å². The van der Waals surface area contributed by atoms with Gasteiger partial charge >= 0.3 is 0 Å². The lowest BCUT2D eigenvalue weighted by Gasteiger charge is -2.05. The van der Waals surface area contributed by atoms with Crippen LogP contribution in [0.2, 0.25) is 0 Å². The van der Waals surface area contributed by atoms with Crippen LogP contribution in [0.5, 0.6) is 5.75 Å². The summed E-state index contributed by atoms with van der Waals surface area (Å²) in [5.74, 6) is 0.899. The van der Waals surface area contributed by atoms with Crippen LogP contribution in [0, 0.1) is 0 Å². The first-order chi connectivity index (χ1) is 8.78. The van der Waals surface area contributed by atoms with Crippen LogP contribution in [-0.4, -0.2) is 20.3 Å². The SMILES string of the molecule is C/C=C/Cc1ccc(OCCOC)cc1.CCC. The number of benzene rings is 1. The van der Waals surface area contributed by atoms with Crippen molar-refractivity contribution in [2.45, 2.75) is 33.6 Å². The molecule has 18 heavy (non-hydrogen) atoms. The molecule has 102 valence electrons. The van der Waals surface area contributed by atoms with E-state index < -0.39 is 0 Å². The standard InChI is InChI=1S/C13H18O2.C3H8/c1-3-4-5-12-6-8-13(9-7-12)15-11-10-14-2;1-3-2/h3-4,6-9H,5,10-11H2,1-2H3;3H2,1-2H3/b4-3+;. The molecule has 1 aromatic rings. The molecule has 1 aromatic carbocycles. The number of hydrogen-bond donors (Lipinski definition) is 0. The largest absolute Gasteiger partial charge is 0.491 e. The van der Waals surface area contributed by atoms with E-state index in [1.165, 1.54) is 12.0 Å². The molecule has 0 aromatic heterocycles. The Labute approximate surface area is 112 Å². The van der Waals surface area contributed by atoms with Gasteiger partial charge < -0.3 is 9.47 Å². The third-order valence-corrected chi connectivity index (χ3v) is 2.07. The highest BCUT2D eigenvalue weighted by Gasteiger charge is 1.93. The smallest absolute Gasteiger partial charge is 0.119 e. The van der Waals surface area contributed by atoms with Crippen molar-refractivity contribution >= 4 is 0 Å². The van der Waals surface area contributed by atoms with Gasteiger partial charge in [-0.2, -0.15) is 0 Å². The van der Waals surface area contributed by atoms with Gasteiger partial charge in [-0.05, 0) is 31.0 Å². The lowest BCUT2D eigenvalue weighted by atomic mass is 10.1. The third-order valence-electron chi connectivity index (χ3n) is 2.07. The van der Waals surface area contributed by atoms with Crippen molar-refractivity contribution in [2.75, 3.05) is 20.3 Å². The molecule has 0 spiro atoms. The van der Waals surface area contributed by atoms with Crippen molar-refractivity contribution in [3.63, 3.8) is 0 Å². The molecule has 0 unspecified atom stereocenters. The molecule has 0 N–H and O–H groups in total. The van der Waals surface area contributed by atoms with Crippen molar-refractivity contribution in [1.82, 2.24) is 0 Å². The summed E-state index contributed by atoms with van der Waals surface area (Å²) in [6.45, 7) is 7.51. The van der Waals surface area contributed by atoms with E-state index in [1.807, 2.05) is 19.1 Å². The molecule has 0 fully saturated rings. The molecular weight excluding hydrogens is 224 g/mol. The molecule has 0 atom stereocenters. The van der Waals surface area contributed by atoms with Gasteiger partial charge in [0, 0.05) is 7.11 Å². The van der Waals surface area contributed by atoms with E-state index in [0.29, 0.717) is 13.2 Å².